The van der Waals surface area contributed by atoms with Crippen LogP contribution in [-0.2, 0) is 14.3 Å². The number of hydrogen-bond donors (Lipinski definition) is 2. The molecule has 0 bridgehead atoms. The van der Waals surface area contributed by atoms with Gasteiger partial charge in [0.1, 0.15) is 17.4 Å². The van der Waals surface area contributed by atoms with Gasteiger partial charge in [-0.3, -0.25) is 19.5 Å². The van der Waals surface area contributed by atoms with Crippen LogP contribution in [0.25, 0.3) is 28.0 Å². The zero-order chi connectivity index (χ0) is 41.0. The van der Waals surface area contributed by atoms with E-state index in [0.29, 0.717) is 13.0 Å². The Balaban J connectivity index is 0.988. The standard InChI is InChI=1S/C47H57N7O4/c1-7-52(8-2)42(36-14-10-9-11-15-36)44(55)53-26-13-17-41(53)43-49-30-39(50-43)35-24-22-33(23-25-35)32-18-20-34(21-19-32)37-28-38(48-29-37)40-16-12-27-54(40)45(56)47(5,31(3)4)51-46(57)58-6/h9-11,14-15,18-25,29-31,40-42H,7-8,12-13,16-17,26-28H2,1-6H3,(H,49,50)(H,51,57)/t40-,41?,42+,47+/m0/s1. The fraction of sp³-hybridized carbons (Fsp3) is 0.426. The number of carbonyl (C=O) groups is 3. The monoisotopic (exact) mass is 783 g/mol. The van der Waals surface area contributed by atoms with E-state index in [4.69, 9.17) is 14.7 Å². The number of alkyl carbamates (subject to hydrolysis) is 1. The summed E-state index contributed by atoms with van der Waals surface area (Å²) in [5.74, 6) is 0.731. The molecule has 0 aliphatic carbocycles. The highest BCUT2D eigenvalue weighted by atomic mass is 16.5. The predicted octanol–water partition coefficient (Wildman–Crippen LogP) is 8.44. The van der Waals surface area contributed by atoms with E-state index in [1.807, 2.05) is 54.2 Å². The summed E-state index contributed by atoms with van der Waals surface area (Å²) in [4.78, 5) is 59.7. The second-order valence-electron chi connectivity index (χ2n) is 16.1. The number of likely N-dealkylation sites (tertiary alicyclic amines) is 2. The van der Waals surface area contributed by atoms with Crippen LogP contribution in [0, 0.1) is 5.92 Å². The van der Waals surface area contributed by atoms with Gasteiger partial charge in [0.25, 0.3) is 0 Å². The average molecular weight is 784 g/mol. The lowest BCUT2D eigenvalue weighted by molar-refractivity contribution is -0.139. The molecule has 4 heterocycles. The number of nitrogens with one attached hydrogen (secondary N) is 2. The molecule has 1 aromatic heterocycles. The number of methoxy groups -OCH3 is 1. The van der Waals surface area contributed by atoms with Gasteiger partial charge in [0.05, 0.1) is 31.1 Å². The second-order valence-corrected chi connectivity index (χ2v) is 16.1. The van der Waals surface area contributed by atoms with Crippen LogP contribution in [0.5, 0.6) is 0 Å². The van der Waals surface area contributed by atoms with Gasteiger partial charge in [-0.1, -0.05) is 107 Å². The number of likely N-dealkylation sites (N-methyl/N-ethyl adjacent to an activating group) is 1. The molecule has 3 aliphatic heterocycles. The Labute approximate surface area is 342 Å². The van der Waals surface area contributed by atoms with Gasteiger partial charge in [0.2, 0.25) is 11.8 Å². The molecule has 2 saturated heterocycles. The summed E-state index contributed by atoms with van der Waals surface area (Å²) < 4.78 is 4.84. The lowest BCUT2D eigenvalue weighted by Gasteiger charge is -2.38. The first-order chi connectivity index (χ1) is 28.1. The van der Waals surface area contributed by atoms with Crippen LogP contribution in [0.3, 0.4) is 0 Å². The molecule has 4 aromatic rings. The molecule has 3 amide bonds. The minimum atomic E-state index is -1.09. The first kappa shape index (κ1) is 40.6. The third-order valence-electron chi connectivity index (χ3n) is 12.6. The molecule has 1 unspecified atom stereocenters. The molecule has 4 atom stereocenters. The highest BCUT2D eigenvalue weighted by Crippen LogP contribution is 2.37. The van der Waals surface area contributed by atoms with Crippen molar-refractivity contribution >= 4 is 29.2 Å². The topological polar surface area (TPSA) is 123 Å². The molecule has 304 valence electrons. The molecule has 2 N–H and O–H groups in total. The molecule has 3 aromatic carbocycles. The largest absolute Gasteiger partial charge is 0.453 e. The molecule has 7 rings (SSSR count). The molecular weight excluding hydrogens is 727 g/mol. The Hall–Kier alpha value is -5.55. The van der Waals surface area contributed by atoms with E-state index in [9.17, 15) is 14.4 Å². The van der Waals surface area contributed by atoms with Gasteiger partial charge >= 0.3 is 6.09 Å². The van der Waals surface area contributed by atoms with Crippen molar-refractivity contribution in [2.45, 2.75) is 90.4 Å². The number of hydrogen-bond acceptors (Lipinski definition) is 7. The van der Waals surface area contributed by atoms with Gasteiger partial charge in [0.15, 0.2) is 0 Å². The smallest absolute Gasteiger partial charge is 0.407 e. The van der Waals surface area contributed by atoms with E-state index in [1.165, 1.54) is 7.11 Å². The highest BCUT2D eigenvalue weighted by Gasteiger charge is 2.46. The van der Waals surface area contributed by atoms with Crippen molar-refractivity contribution in [3.05, 3.63) is 108 Å². The van der Waals surface area contributed by atoms with E-state index in [0.717, 1.165) is 95.9 Å². The van der Waals surface area contributed by atoms with Crippen molar-refractivity contribution in [1.29, 1.82) is 0 Å². The van der Waals surface area contributed by atoms with Crippen molar-refractivity contribution in [2.75, 3.05) is 33.3 Å². The Morgan fingerprint density at radius 2 is 1.47 bits per heavy atom. The Morgan fingerprint density at radius 1 is 0.862 bits per heavy atom. The van der Waals surface area contributed by atoms with Crippen LogP contribution in [-0.4, -0.2) is 93.2 Å². The third-order valence-corrected chi connectivity index (χ3v) is 12.6. The van der Waals surface area contributed by atoms with E-state index in [2.05, 4.69) is 89.7 Å². The summed E-state index contributed by atoms with van der Waals surface area (Å²) in [6.07, 6.45) is 7.43. The van der Waals surface area contributed by atoms with Crippen LogP contribution < -0.4 is 5.32 Å². The van der Waals surface area contributed by atoms with Gasteiger partial charge in [0, 0.05) is 31.4 Å². The molecule has 3 aliphatic rings. The van der Waals surface area contributed by atoms with E-state index in [1.54, 1.807) is 6.92 Å². The number of imidazole rings is 1. The van der Waals surface area contributed by atoms with Crippen molar-refractivity contribution < 1.29 is 19.1 Å². The molecule has 0 spiro atoms. The molecule has 11 nitrogen and oxygen atoms in total. The predicted molar refractivity (Wildman–Crippen MR) is 229 cm³/mol. The van der Waals surface area contributed by atoms with E-state index < -0.39 is 11.6 Å². The Kier molecular flexibility index (Phi) is 12.3. The fourth-order valence-corrected chi connectivity index (χ4v) is 8.77. The maximum absolute atomic E-state index is 14.2. The summed E-state index contributed by atoms with van der Waals surface area (Å²) >= 11 is 0. The fourth-order valence-electron chi connectivity index (χ4n) is 8.77. The number of carbonyl (C=O) groups excluding carboxylic acids is 3. The summed E-state index contributed by atoms with van der Waals surface area (Å²) in [7, 11) is 1.31. The van der Waals surface area contributed by atoms with Crippen LogP contribution in [0.2, 0.25) is 0 Å². The normalized spacial score (nSPS) is 19.6. The van der Waals surface area contributed by atoms with Crippen molar-refractivity contribution in [3.63, 3.8) is 0 Å². The summed E-state index contributed by atoms with van der Waals surface area (Å²) in [6.45, 7) is 12.8. The third kappa shape index (κ3) is 8.09. The summed E-state index contributed by atoms with van der Waals surface area (Å²) in [5.41, 5.74) is 7.33. The maximum Gasteiger partial charge on any atom is 0.407 e. The number of aromatic amines is 1. The summed E-state index contributed by atoms with van der Waals surface area (Å²) in [5, 5.41) is 2.80. The number of amides is 3. The molecule has 58 heavy (non-hydrogen) atoms. The van der Waals surface area contributed by atoms with Gasteiger partial charge in [-0.15, -0.1) is 0 Å². The lowest BCUT2D eigenvalue weighted by atomic mass is 9.86. The number of rotatable bonds is 13. The van der Waals surface area contributed by atoms with Crippen molar-refractivity contribution in [2.24, 2.45) is 10.9 Å². The van der Waals surface area contributed by atoms with Gasteiger partial charge < -0.3 is 24.8 Å². The van der Waals surface area contributed by atoms with Crippen molar-refractivity contribution in [3.8, 4) is 22.4 Å². The number of nitrogens with zero attached hydrogens (tertiary/aromatic N) is 5. The molecule has 11 heteroatoms. The number of benzene rings is 3. The number of ether oxygens (including phenoxy) is 1. The zero-order valence-electron chi connectivity index (χ0n) is 34.7. The number of allylic oxidation sites excluding steroid dienone is 1. The van der Waals surface area contributed by atoms with Crippen LogP contribution in [0.4, 0.5) is 4.79 Å². The average Bonchev–Trinajstić information content (AvgIpc) is 4.10. The highest BCUT2D eigenvalue weighted by molar-refractivity contribution is 6.04. The van der Waals surface area contributed by atoms with E-state index in [-0.39, 0.29) is 35.9 Å². The quantitative estimate of drug-likeness (QED) is 0.140. The van der Waals surface area contributed by atoms with E-state index >= 15 is 0 Å². The Bertz CT molecular complexity index is 2140. The number of H-pyrrole nitrogens is 1. The maximum atomic E-state index is 14.2. The van der Waals surface area contributed by atoms with Crippen LogP contribution in [0.15, 0.2) is 96.3 Å². The van der Waals surface area contributed by atoms with Crippen LogP contribution in [0.1, 0.15) is 95.8 Å². The number of aromatic nitrogens is 2. The van der Waals surface area contributed by atoms with Gasteiger partial charge in [-0.25, -0.2) is 9.78 Å². The second kappa shape index (κ2) is 17.5. The van der Waals surface area contributed by atoms with Crippen molar-refractivity contribution in [1.82, 2.24) is 30.0 Å². The van der Waals surface area contributed by atoms with Crippen LogP contribution >= 0.6 is 0 Å². The molecule has 2 fully saturated rings. The first-order valence-corrected chi connectivity index (χ1v) is 20.8. The summed E-state index contributed by atoms with van der Waals surface area (Å²) in [6, 6.07) is 26.7. The molecule has 0 radical (unpaired) electrons. The minimum absolute atomic E-state index is 0.0899. The molecular formula is C47H57N7O4. The minimum Gasteiger partial charge on any atom is -0.453 e. The SMILES string of the molecule is CCN(CC)[C@@H](C(=O)N1CCCC1c1ncc(-c2ccc(-c3ccc(C4=CN=C([C@@H]5CCCN5C(=O)[C@](C)(NC(=O)OC)C(C)C)C4)cc3)cc2)[nH]1)c1ccccc1. The zero-order valence-corrected chi connectivity index (χ0v) is 34.7. The van der Waals surface area contributed by atoms with Gasteiger partial charge in [-0.2, -0.15) is 0 Å². The lowest BCUT2D eigenvalue weighted by Crippen LogP contribution is -2.62. The number of aliphatic imine (C=N–C) groups is 1. The Morgan fingerprint density at radius 3 is 2.09 bits per heavy atom. The molecule has 0 saturated carbocycles. The van der Waals surface area contributed by atoms with Gasteiger partial charge in [-0.05, 0) is 85.0 Å². The first-order valence-electron chi connectivity index (χ1n) is 20.8.